The largest absolute Gasteiger partial charge is 0.394 e. The Balaban J connectivity index is 0.000000196. The third kappa shape index (κ3) is 5.67. The minimum atomic E-state index is -1.22. The van der Waals surface area contributed by atoms with Gasteiger partial charge in [0.1, 0.15) is 36.6 Å². The summed E-state index contributed by atoms with van der Waals surface area (Å²) in [7, 11) is 0. The molecule has 0 aromatic carbocycles. The first-order chi connectivity index (χ1) is 16.5. The highest BCUT2D eigenvalue weighted by molar-refractivity contribution is 7.71. The standard InChI is InChI=1S/C10H14N2O5S.C9H12N2O5S/c1-4-2-12(10(18)11-8(4)16)9-7(15)6(14)5(3-13)17-9;12-3-4-6(14)7(15)8(16-4)11-2-1-5(13)10-9(11)17/h2,5-7,9,13-15H,3H2,1H3,(H,11,16,18);1-2,4,6-8,12,14-15H,3H2,(H,10,13,17)/t5-,6-,7-,9-;4-,6-,7-,8-/m11/s1. The van der Waals surface area contributed by atoms with Crippen LogP contribution >= 0.6 is 24.4 Å². The number of aliphatic hydroxyl groups is 6. The molecule has 14 nitrogen and oxygen atoms in total. The average Bonchev–Trinajstić information content (AvgIpc) is 3.26. The minimum Gasteiger partial charge on any atom is -0.394 e. The first-order valence-electron chi connectivity index (χ1n) is 10.4. The van der Waals surface area contributed by atoms with Gasteiger partial charge in [-0.25, -0.2) is 0 Å². The number of aliphatic hydroxyl groups excluding tert-OH is 6. The molecule has 0 amide bonds. The van der Waals surface area contributed by atoms with Gasteiger partial charge in [-0.3, -0.25) is 28.7 Å². The number of hydrogen-bond donors (Lipinski definition) is 8. The second-order valence-electron chi connectivity index (χ2n) is 7.95. The first kappa shape index (κ1) is 27.5. The van der Waals surface area contributed by atoms with E-state index in [0.717, 1.165) is 0 Å². The summed E-state index contributed by atoms with van der Waals surface area (Å²) in [4.78, 5) is 27.2. The van der Waals surface area contributed by atoms with Crippen molar-refractivity contribution in [2.45, 2.75) is 56.0 Å². The molecule has 0 unspecified atom stereocenters. The lowest BCUT2D eigenvalue weighted by Gasteiger charge is -2.18. The summed E-state index contributed by atoms with van der Waals surface area (Å²) in [5.74, 6) is 0. The minimum absolute atomic E-state index is 0.0762. The normalized spacial score (nSPS) is 32.3. The first-order valence-corrected chi connectivity index (χ1v) is 11.2. The molecule has 2 aliphatic heterocycles. The van der Waals surface area contributed by atoms with E-state index < -0.39 is 62.3 Å². The van der Waals surface area contributed by atoms with Crippen LogP contribution in [0.25, 0.3) is 0 Å². The number of aryl methyl sites for hydroxylation is 1. The summed E-state index contributed by atoms with van der Waals surface area (Å²) < 4.78 is 13.4. The fraction of sp³-hybridized carbons (Fsp3) is 0.579. The molecule has 4 rings (SSSR count). The SMILES string of the molecule is Cc1cn([C@@H]2O[C@H](CO)[C@@H](O)[C@H]2O)c(=S)[nH]c1=O.O=c1ccn([C@@H]2O[C@H](CO)[C@@H](O)[C@H]2O)c(=S)[nH]1. The van der Waals surface area contributed by atoms with Crippen LogP contribution in [0, 0.1) is 16.5 Å². The summed E-state index contributed by atoms with van der Waals surface area (Å²) in [6, 6.07) is 1.23. The van der Waals surface area contributed by atoms with E-state index in [9.17, 15) is 30.0 Å². The molecule has 2 fully saturated rings. The van der Waals surface area contributed by atoms with E-state index in [2.05, 4.69) is 9.97 Å². The zero-order valence-electron chi connectivity index (χ0n) is 18.3. The Morgan fingerprint density at radius 3 is 1.80 bits per heavy atom. The molecule has 35 heavy (non-hydrogen) atoms. The summed E-state index contributed by atoms with van der Waals surface area (Å²) in [6.07, 6.45) is -5.63. The van der Waals surface area contributed by atoms with Gasteiger partial charge in [-0.1, -0.05) is 0 Å². The van der Waals surface area contributed by atoms with Crippen LogP contribution in [0.15, 0.2) is 28.0 Å². The van der Waals surface area contributed by atoms with Crippen molar-refractivity contribution in [1.82, 2.24) is 19.1 Å². The Morgan fingerprint density at radius 1 is 0.857 bits per heavy atom. The van der Waals surface area contributed by atoms with Crippen LogP contribution in [0.2, 0.25) is 0 Å². The van der Waals surface area contributed by atoms with Gasteiger partial charge >= 0.3 is 0 Å². The number of nitrogens with one attached hydrogen (secondary N) is 2. The number of ether oxygens (including phenoxy) is 2. The molecule has 0 saturated carbocycles. The Labute approximate surface area is 207 Å². The van der Waals surface area contributed by atoms with Gasteiger partial charge in [0, 0.05) is 24.0 Å². The summed E-state index contributed by atoms with van der Waals surface area (Å²) >= 11 is 9.89. The van der Waals surface area contributed by atoms with Gasteiger partial charge in [0.25, 0.3) is 11.1 Å². The third-order valence-corrected chi connectivity index (χ3v) is 6.21. The van der Waals surface area contributed by atoms with E-state index in [4.69, 9.17) is 44.1 Å². The fourth-order valence-corrected chi connectivity index (χ4v) is 4.14. The molecule has 0 bridgehead atoms. The predicted molar refractivity (Wildman–Crippen MR) is 123 cm³/mol. The summed E-state index contributed by atoms with van der Waals surface area (Å²) in [5, 5.41) is 56.8. The van der Waals surface area contributed by atoms with Gasteiger partial charge in [0.2, 0.25) is 0 Å². The van der Waals surface area contributed by atoms with Crippen molar-refractivity contribution in [1.29, 1.82) is 0 Å². The van der Waals surface area contributed by atoms with Gasteiger partial charge in [-0.2, -0.15) is 0 Å². The van der Waals surface area contributed by atoms with Crippen molar-refractivity contribution in [3.8, 4) is 0 Å². The van der Waals surface area contributed by atoms with E-state index in [1.807, 2.05) is 0 Å². The van der Waals surface area contributed by atoms with E-state index in [0.29, 0.717) is 5.56 Å². The fourth-order valence-electron chi connectivity index (χ4n) is 3.62. The molecule has 2 aromatic heterocycles. The molecular formula is C19H26N4O10S2. The van der Waals surface area contributed by atoms with Crippen molar-refractivity contribution in [2.75, 3.05) is 13.2 Å². The van der Waals surface area contributed by atoms with Crippen LogP contribution in [-0.2, 0) is 9.47 Å². The van der Waals surface area contributed by atoms with Crippen LogP contribution in [0.1, 0.15) is 18.0 Å². The zero-order chi connectivity index (χ0) is 26.0. The molecular weight excluding hydrogens is 508 g/mol. The highest BCUT2D eigenvalue weighted by atomic mass is 32.1. The molecule has 8 N–H and O–H groups in total. The highest BCUT2D eigenvalue weighted by Crippen LogP contribution is 2.30. The number of H-pyrrole nitrogens is 2. The van der Waals surface area contributed by atoms with Gasteiger partial charge in [-0.05, 0) is 31.4 Å². The van der Waals surface area contributed by atoms with Crippen molar-refractivity contribution < 1.29 is 40.1 Å². The summed E-state index contributed by atoms with van der Waals surface area (Å²) in [5.41, 5.74) is -0.276. The topological polar surface area (TPSA) is 215 Å². The summed E-state index contributed by atoms with van der Waals surface area (Å²) in [6.45, 7) is 0.765. The van der Waals surface area contributed by atoms with Gasteiger partial charge < -0.3 is 40.1 Å². The molecule has 8 atom stereocenters. The van der Waals surface area contributed by atoms with Crippen molar-refractivity contribution in [3.63, 3.8) is 0 Å². The maximum absolute atomic E-state index is 11.3. The van der Waals surface area contributed by atoms with Gasteiger partial charge in [0.15, 0.2) is 22.0 Å². The van der Waals surface area contributed by atoms with Crippen LogP contribution < -0.4 is 11.1 Å². The molecule has 0 spiro atoms. The Kier molecular flexibility index (Phi) is 8.86. The van der Waals surface area contributed by atoms with Crippen LogP contribution in [0.5, 0.6) is 0 Å². The predicted octanol–water partition coefficient (Wildman–Crippen LogP) is -2.66. The molecule has 2 saturated heterocycles. The van der Waals surface area contributed by atoms with Crippen LogP contribution in [-0.4, -0.2) is 99.6 Å². The second kappa shape index (κ2) is 11.3. The van der Waals surface area contributed by atoms with E-state index in [1.165, 1.54) is 27.6 Å². The average molecular weight is 535 g/mol. The highest BCUT2D eigenvalue weighted by Gasteiger charge is 2.44. The van der Waals surface area contributed by atoms with Crippen molar-refractivity contribution in [2.24, 2.45) is 0 Å². The number of rotatable bonds is 4. The van der Waals surface area contributed by atoms with Gasteiger partial charge in [-0.15, -0.1) is 0 Å². The molecule has 0 radical (unpaired) electrons. The van der Waals surface area contributed by atoms with E-state index in [1.54, 1.807) is 6.92 Å². The Morgan fingerprint density at radius 2 is 1.34 bits per heavy atom. The monoisotopic (exact) mass is 534 g/mol. The third-order valence-electron chi connectivity index (χ3n) is 5.58. The lowest BCUT2D eigenvalue weighted by molar-refractivity contribution is -0.0542. The smallest absolute Gasteiger partial charge is 0.254 e. The van der Waals surface area contributed by atoms with Crippen LogP contribution in [0.3, 0.4) is 0 Å². The lowest BCUT2D eigenvalue weighted by atomic mass is 10.1. The molecule has 2 aromatic rings. The Bertz CT molecular complexity index is 1260. The maximum atomic E-state index is 11.3. The quantitative estimate of drug-likeness (QED) is 0.189. The van der Waals surface area contributed by atoms with Crippen LogP contribution in [0.4, 0.5) is 0 Å². The second-order valence-corrected chi connectivity index (χ2v) is 8.73. The molecule has 16 heteroatoms. The number of aromatic nitrogens is 4. The molecule has 194 valence electrons. The van der Waals surface area contributed by atoms with Crippen molar-refractivity contribution in [3.05, 3.63) is 54.3 Å². The zero-order valence-corrected chi connectivity index (χ0v) is 19.9. The van der Waals surface area contributed by atoms with Gasteiger partial charge in [0.05, 0.1) is 13.2 Å². The number of aromatic amines is 2. The molecule has 2 aliphatic rings. The maximum Gasteiger partial charge on any atom is 0.254 e. The number of hydrogen-bond acceptors (Lipinski definition) is 12. The number of nitrogens with zero attached hydrogens (tertiary/aromatic N) is 2. The lowest BCUT2D eigenvalue weighted by Crippen LogP contribution is -2.33. The molecule has 4 heterocycles. The van der Waals surface area contributed by atoms with E-state index >= 15 is 0 Å². The Hall–Kier alpha value is -2.12. The van der Waals surface area contributed by atoms with E-state index in [-0.39, 0.29) is 20.7 Å². The van der Waals surface area contributed by atoms with Crippen molar-refractivity contribution >= 4 is 24.4 Å². The molecule has 0 aliphatic carbocycles.